The Bertz CT molecular complexity index is 1060. The number of nitrogens with two attached hydrogens (primary N) is 1. The van der Waals surface area contributed by atoms with Crippen LogP contribution in [-0.4, -0.2) is 32.1 Å². The highest BCUT2D eigenvalue weighted by Gasteiger charge is 2.17. The number of hydrogen-bond donors (Lipinski definition) is 2. The summed E-state index contributed by atoms with van der Waals surface area (Å²) >= 11 is 0. The summed E-state index contributed by atoms with van der Waals surface area (Å²) in [5, 5.41) is 2.58. The van der Waals surface area contributed by atoms with E-state index in [1.165, 1.54) is 18.2 Å². The second-order valence-electron chi connectivity index (χ2n) is 6.36. The van der Waals surface area contributed by atoms with Gasteiger partial charge in [0.2, 0.25) is 0 Å². The Hall–Kier alpha value is -3.00. The lowest BCUT2D eigenvalue weighted by Gasteiger charge is -2.12. The smallest absolute Gasteiger partial charge is 0.195 e. The van der Waals surface area contributed by atoms with Gasteiger partial charge in [-0.1, -0.05) is 0 Å². The lowest BCUT2D eigenvalue weighted by Crippen LogP contribution is -2.21. The molecule has 3 aromatic rings. The first-order valence-electron chi connectivity index (χ1n) is 8.17. The van der Waals surface area contributed by atoms with Crippen molar-refractivity contribution in [2.45, 2.75) is 0 Å². The molecule has 142 valence electrons. The number of hydrogen-bond acceptors (Lipinski definition) is 5. The monoisotopic (exact) mass is 377 g/mol. The van der Waals surface area contributed by atoms with Crippen molar-refractivity contribution in [1.82, 2.24) is 4.90 Å². The second kappa shape index (κ2) is 7.32. The van der Waals surface area contributed by atoms with Crippen LogP contribution in [0.1, 0.15) is 0 Å². The van der Waals surface area contributed by atoms with Crippen LogP contribution in [0.4, 0.5) is 24.5 Å². The van der Waals surface area contributed by atoms with E-state index in [1.807, 2.05) is 19.0 Å². The molecule has 5 nitrogen and oxygen atoms in total. The van der Waals surface area contributed by atoms with Gasteiger partial charge in [-0.2, -0.15) is 0 Å². The SMILES string of the molecule is CN(C)CCNc1ccc(-c2cc(=O)c3c(N)c(F)cc(F)c3o2)cc1F. The normalized spacial score (nSPS) is 11.3. The van der Waals surface area contributed by atoms with Crippen LogP contribution in [0.25, 0.3) is 22.3 Å². The highest BCUT2D eigenvalue weighted by Crippen LogP contribution is 2.30. The number of nitrogens with zero attached hydrogens (tertiary/aromatic N) is 1. The molecule has 0 unspecified atom stereocenters. The molecule has 0 amide bonds. The number of nitrogens with one attached hydrogen (secondary N) is 1. The fraction of sp³-hybridized carbons (Fsp3) is 0.211. The lowest BCUT2D eigenvalue weighted by atomic mass is 10.1. The van der Waals surface area contributed by atoms with Gasteiger partial charge in [-0.3, -0.25) is 4.79 Å². The minimum Gasteiger partial charge on any atom is -0.453 e. The van der Waals surface area contributed by atoms with Crippen LogP contribution in [0.2, 0.25) is 0 Å². The molecule has 0 aliphatic rings. The van der Waals surface area contributed by atoms with E-state index in [2.05, 4.69) is 5.32 Å². The minimum atomic E-state index is -1.06. The molecule has 0 saturated carbocycles. The largest absolute Gasteiger partial charge is 0.453 e. The van der Waals surface area contributed by atoms with E-state index in [1.54, 1.807) is 0 Å². The standard InChI is InChI=1S/C19H18F3N3O2/c1-25(2)6-5-24-14-4-3-10(7-11(14)20)16-9-15(26)17-18(23)12(21)8-13(22)19(17)27-16/h3-4,7-9,24H,5-6,23H2,1-2H3. The zero-order valence-electron chi connectivity index (χ0n) is 14.8. The second-order valence-corrected chi connectivity index (χ2v) is 6.36. The van der Waals surface area contributed by atoms with Crippen LogP contribution in [0.3, 0.4) is 0 Å². The molecule has 27 heavy (non-hydrogen) atoms. The first-order valence-corrected chi connectivity index (χ1v) is 8.17. The minimum absolute atomic E-state index is 0.0452. The zero-order valence-corrected chi connectivity index (χ0v) is 14.8. The van der Waals surface area contributed by atoms with Crippen molar-refractivity contribution in [2.24, 2.45) is 0 Å². The van der Waals surface area contributed by atoms with Crippen molar-refractivity contribution >= 4 is 22.3 Å². The Morgan fingerprint density at radius 3 is 2.48 bits per heavy atom. The van der Waals surface area contributed by atoms with Crippen LogP contribution >= 0.6 is 0 Å². The van der Waals surface area contributed by atoms with Crippen molar-refractivity contribution in [1.29, 1.82) is 0 Å². The van der Waals surface area contributed by atoms with Gasteiger partial charge in [-0.25, -0.2) is 13.2 Å². The van der Waals surface area contributed by atoms with Crippen LogP contribution in [0, 0.1) is 17.5 Å². The fourth-order valence-electron chi connectivity index (χ4n) is 2.66. The zero-order chi connectivity index (χ0) is 19.7. The van der Waals surface area contributed by atoms with E-state index in [9.17, 15) is 18.0 Å². The molecule has 0 aliphatic carbocycles. The Morgan fingerprint density at radius 2 is 1.81 bits per heavy atom. The van der Waals surface area contributed by atoms with E-state index >= 15 is 0 Å². The first kappa shape index (κ1) is 18.8. The Kier molecular flexibility index (Phi) is 5.09. The summed E-state index contributed by atoms with van der Waals surface area (Å²) in [5.74, 6) is -2.69. The van der Waals surface area contributed by atoms with Gasteiger partial charge in [0.05, 0.1) is 16.8 Å². The Labute approximate surface area is 153 Å². The predicted octanol–water partition coefficient (Wildman–Crippen LogP) is 3.43. The number of fused-ring (bicyclic) bond motifs is 1. The third-order valence-electron chi connectivity index (χ3n) is 4.07. The van der Waals surface area contributed by atoms with Gasteiger partial charge in [0.25, 0.3) is 0 Å². The summed E-state index contributed by atoms with van der Waals surface area (Å²) in [5.41, 5.74) is 4.38. The maximum absolute atomic E-state index is 14.3. The molecular weight excluding hydrogens is 359 g/mol. The summed E-state index contributed by atoms with van der Waals surface area (Å²) in [7, 11) is 3.81. The van der Waals surface area contributed by atoms with E-state index in [0.29, 0.717) is 18.3 Å². The van der Waals surface area contributed by atoms with E-state index in [4.69, 9.17) is 10.2 Å². The first-order chi connectivity index (χ1) is 12.8. The van der Waals surface area contributed by atoms with E-state index in [-0.39, 0.29) is 16.7 Å². The molecule has 3 N–H and O–H groups in total. The van der Waals surface area contributed by atoms with Gasteiger partial charge in [0.1, 0.15) is 17.4 Å². The van der Waals surface area contributed by atoms with Gasteiger partial charge >= 0.3 is 0 Å². The number of likely N-dealkylation sites (N-methyl/N-ethyl adjacent to an activating group) is 1. The molecule has 3 rings (SSSR count). The van der Waals surface area contributed by atoms with Crippen LogP contribution < -0.4 is 16.5 Å². The molecular formula is C19H18F3N3O2. The quantitative estimate of drug-likeness (QED) is 0.667. The van der Waals surface area contributed by atoms with E-state index in [0.717, 1.165) is 12.6 Å². The predicted molar refractivity (Wildman–Crippen MR) is 99.3 cm³/mol. The molecule has 0 radical (unpaired) electrons. The lowest BCUT2D eigenvalue weighted by molar-refractivity contribution is 0.425. The number of benzene rings is 2. The molecule has 8 heteroatoms. The highest BCUT2D eigenvalue weighted by atomic mass is 19.1. The number of nitrogen functional groups attached to an aromatic ring is 1. The average molecular weight is 377 g/mol. The van der Waals surface area contributed by atoms with E-state index < -0.39 is 34.2 Å². The summed E-state index contributed by atoms with van der Waals surface area (Å²) in [6, 6.07) is 5.79. The molecule has 0 aliphatic heterocycles. The number of rotatable bonds is 5. The summed E-state index contributed by atoms with van der Waals surface area (Å²) in [6.45, 7) is 1.27. The average Bonchev–Trinajstić information content (AvgIpc) is 2.60. The van der Waals surface area contributed by atoms with Gasteiger partial charge in [0.15, 0.2) is 16.8 Å². The molecule has 2 aromatic carbocycles. The van der Waals surface area contributed by atoms with Crippen molar-refractivity contribution in [3.63, 3.8) is 0 Å². The molecule has 0 bridgehead atoms. The van der Waals surface area contributed by atoms with Gasteiger partial charge in [0, 0.05) is 30.8 Å². The maximum atomic E-state index is 14.3. The van der Waals surface area contributed by atoms with Crippen molar-refractivity contribution in [3.8, 4) is 11.3 Å². The maximum Gasteiger partial charge on any atom is 0.195 e. The molecule has 1 heterocycles. The molecule has 0 saturated heterocycles. The molecule has 1 aromatic heterocycles. The van der Waals surface area contributed by atoms with Crippen LogP contribution in [-0.2, 0) is 0 Å². The number of halogens is 3. The summed E-state index contributed by atoms with van der Waals surface area (Å²) in [6.07, 6.45) is 0. The Morgan fingerprint density at radius 1 is 1.07 bits per heavy atom. The molecule has 0 fully saturated rings. The van der Waals surface area contributed by atoms with Gasteiger partial charge in [-0.15, -0.1) is 0 Å². The van der Waals surface area contributed by atoms with Gasteiger partial charge in [-0.05, 0) is 32.3 Å². The van der Waals surface area contributed by atoms with Gasteiger partial charge < -0.3 is 20.4 Å². The van der Waals surface area contributed by atoms with Crippen LogP contribution in [0.15, 0.2) is 39.5 Å². The van der Waals surface area contributed by atoms with Crippen molar-refractivity contribution < 1.29 is 17.6 Å². The number of anilines is 2. The third kappa shape index (κ3) is 3.75. The Balaban J connectivity index is 2.01. The highest BCUT2D eigenvalue weighted by molar-refractivity contribution is 5.90. The van der Waals surface area contributed by atoms with Crippen LogP contribution in [0.5, 0.6) is 0 Å². The molecule has 0 atom stereocenters. The third-order valence-corrected chi connectivity index (χ3v) is 4.07. The topological polar surface area (TPSA) is 71.5 Å². The fourth-order valence-corrected chi connectivity index (χ4v) is 2.66. The molecule has 0 spiro atoms. The summed E-state index contributed by atoms with van der Waals surface area (Å²) < 4.78 is 47.3. The van der Waals surface area contributed by atoms with Crippen molar-refractivity contribution in [3.05, 3.63) is 58.0 Å². The van der Waals surface area contributed by atoms with Crippen molar-refractivity contribution in [2.75, 3.05) is 38.2 Å². The summed E-state index contributed by atoms with van der Waals surface area (Å²) in [4.78, 5) is 14.2.